The van der Waals surface area contributed by atoms with Crippen LogP contribution in [0.1, 0.15) is 47.4 Å². The number of aryl methyl sites for hydroxylation is 1. The number of anilines is 1. The molecule has 1 aliphatic carbocycles. The topological polar surface area (TPSA) is 102 Å². The average molecular weight is 393 g/mol. The number of morpholine rings is 1. The van der Waals surface area contributed by atoms with Crippen LogP contribution in [0.5, 0.6) is 0 Å². The van der Waals surface area contributed by atoms with E-state index in [-0.39, 0.29) is 23.8 Å². The molecule has 2 aliphatic rings. The van der Waals surface area contributed by atoms with Gasteiger partial charge in [0.05, 0.1) is 13.2 Å². The van der Waals surface area contributed by atoms with Crippen LogP contribution in [-0.2, 0) is 9.53 Å². The molecule has 152 valence electrons. The molecule has 1 aliphatic heterocycles. The Morgan fingerprint density at radius 1 is 1.38 bits per heavy atom. The van der Waals surface area contributed by atoms with Gasteiger partial charge in [0, 0.05) is 54.8 Å². The fraction of sp³-hybridized carbons (Fsp3) is 0.409. The molecule has 3 atom stereocenters. The molecule has 1 saturated heterocycles. The van der Waals surface area contributed by atoms with Gasteiger partial charge in [0.15, 0.2) is 0 Å². The third-order valence-electron chi connectivity index (χ3n) is 5.77. The van der Waals surface area contributed by atoms with Gasteiger partial charge in [-0.3, -0.25) is 9.78 Å². The highest BCUT2D eigenvalue weighted by Crippen LogP contribution is 2.42. The number of carbonyl (C=O) groups excluding carboxylic acids is 1. The van der Waals surface area contributed by atoms with Crippen LogP contribution in [0, 0.1) is 6.92 Å². The summed E-state index contributed by atoms with van der Waals surface area (Å²) in [5, 5.41) is 6.21. The van der Waals surface area contributed by atoms with Gasteiger partial charge in [-0.15, -0.1) is 0 Å². The number of nitrogens with two attached hydrogens (primary N) is 1. The molecule has 4 N–H and O–H groups in total. The number of carbonyl (C=O) groups is 1. The van der Waals surface area contributed by atoms with Crippen LogP contribution in [0.3, 0.4) is 0 Å². The number of nitrogens with zero attached hydrogens (tertiary/aromatic N) is 2. The van der Waals surface area contributed by atoms with Crippen LogP contribution in [0.15, 0.2) is 36.8 Å². The molecule has 0 aromatic carbocycles. The van der Waals surface area contributed by atoms with Crippen molar-refractivity contribution in [3.8, 4) is 0 Å². The van der Waals surface area contributed by atoms with Crippen molar-refractivity contribution in [1.82, 2.24) is 15.3 Å². The van der Waals surface area contributed by atoms with Crippen molar-refractivity contribution in [2.24, 2.45) is 5.73 Å². The quantitative estimate of drug-likeness (QED) is 0.737. The van der Waals surface area contributed by atoms with Gasteiger partial charge in [0.2, 0.25) is 5.91 Å². The number of pyridine rings is 2. The van der Waals surface area contributed by atoms with Crippen molar-refractivity contribution in [1.29, 1.82) is 0 Å². The second-order valence-electron chi connectivity index (χ2n) is 7.80. The number of aromatic nitrogens is 2. The maximum absolute atomic E-state index is 12.4. The summed E-state index contributed by atoms with van der Waals surface area (Å²) in [6.45, 7) is 6.27. The highest BCUT2D eigenvalue weighted by Gasteiger charge is 2.29. The Bertz CT molecular complexity index is 937. The van der Waals surface area contributed by atoms with Gasteiger partial charge in [-0.1, -0.05) is 13.0 Å². The normalized spacial score (nSPS) is 23.8. The Hall–Kier alpha value is -2.77. The number of amides is 1. The Morgan fingerprint density at radius 3 is 3.00 bits per heavy atom. The largest absolute Gasteiger partial charge is 0.398 e. The maximum Gasteiger partial charge on any atom is 0.227 e. The molecule has 2 aromatic rings. The van der Waals surface area contributed by atoms with E-state index >= 15 is 0 Å². The first-order chi connectivity index (χ1) is 14.0. The van der Waals surface area contributed by atoms with Gasteiger partial charge in [-0.25, -0.2) is 4.98 Å². The maximum atomic E-state index is 12.4. The summed E-state index contributed by atoms with van der Waals surface area (Å²) < 4.78 is 5.41. The summed E-state index contributed by atoms with van der Waals surface area (Å²) in [4.78, 5) is 21.1. The predicted molar refractivity (Wildman–Crippen MR) is 112 cm³/mol. The van der Waals surface area contributed by atoms with Gasteiger partial charge in [0.25, 0.3) is 0 Å². The number of rotatable bonds is 4. The molecule has 0 radical (unpaired) electrons. The van der Waals surface area contributed by atoms with Crippen LogP contribution < -0.4 is 16.4 Å². The summed E-state index contributed by atoms with van der Waals surface area (Å²) in [5.74, 6) is 0.791. The van der Waals surface area contributed by atoms with E-state index in [0.29, 0.717) is 31.1 Å². The average Bonchev–Trinajstić information content (AvgIpc) is 2.72. The van der Waals surface area contributed by atoms with E-state index in [9.17, 15) is 4.79 Å². The van der Waals surface area contributed by atoms with E-state index in [1.807, 2.05) is 18.3 Å². The zero-order chi connectivity index (χ0) is 20.4. The Labute approximate surface area is 170 Å². The van der Waals surface area contributed by atoms with Crippen LogP contribution in [0.25, 0.3) is 5.70 Å². The highest BCUT2D eigenvalue weighted by atomic mass is 16.5. The highest BCUT2D eigenvalue weighted by molar-refractivity contribution is 5.90. The molecule has 0 spiro atoms. The molecule has 4 rings (SSSR count). The van der Waals surface area contributed by atoms with E-state index < -0.39 is 0 Å². The fourth-order valence-corrected chi connectivity index (χ4v) is 4.13. The van der Waals surface area contributed by atoms with Gasteiger partial charge < -0.3 is 21.1 Å². The summed E-state index contributed by atoms with van der Waals surface area (Å²) in [6.07, 6.45) is 7.91. The van der Waals surface area contributed by atoms with Gasteiger partial charge in [0.1, 0.15) is 5.82 Å². The van der Waals surface area contributed by atoms with E-state index in [1.165, 1.54) is 11.1 Å². The van der Waals surface area contributed by atoms with Crippen LogP contribution in [0.4, 0.5) is 5.82 Å². The lowest BCUT2D eigenvalue weighted by Gasteiger charge is -2.30. The molecular formula is C22H27N5O2. The third-order valence-corrected chi connectivity index (χ3v) is 5.77. The molecule has 29 heavy (non-hydrogen) atoms. The van der Waals surface area contributed by atoms with Gasteiger partial charge in [-0.05, 0) is 41.7 Å². The van der Waals surface area contributed by atoms with Crippen LogP contribution >= 0.6 is 0 Å². The summed E-state index contributed by atoms with van der Waals surface area (Å²) >= 11 is 0. The minimum atomic E-state index is -0.0768. The minimum absolute atomic E-state index is 0.0387. The molecule has 1 amide bonds. The third kappa shape index (κ3) is 4.16. The van der Waals surface area contributed by atoms with Crippen molar-refractivity contribution in [3.63, 3.8) is 0 Å². The lowest BCUT2D eigenvalue weighted by Crippen LogP contribution is -2.43. The molecule has 1 fully saturated rings. The Morgan fingerprint density at radius 2 is 2.24 bits per heavy atom. The van der Waals surface area contributed by atoms with Crippen molar-refractivity contribution in [3.05, 3.63) is 59.1 Å². The molecular weight excluding hydrogens is 366 g/mol. The van der Waals surface area contributed by atoms with Crippen LogP contribution in [0.2, 0.25) is 0 Å². The number of nitrogens with one attached hydrogen (secondary N) is 2. The molecule has 2 aromatic heterocycles. The van der Waals surface area contributed by atoms with Crippen LogP contribution in [-0.4, -0.2) is 41.7 Å². The van der Waals surface area contributed by atoms with Gasteiger partial charge >= 0.3 is 0 Å². The Balaban J connectivity index is 1.54. The Kier molecular flexibility index (Phi) is 5.60. The standard InChI is InChI=1S/C22H27N5O2/c1-13-3-4-24-10-18(13)16-8-20(23)19-11-26-21(9-17(19)14(16)2)27-22(28)7-15-12-29-6-5-25-15/h3-4,8-11,14-16,25H,5-7,12,23H2,1-2H3,(H,26,27,28). The molecule has 3 heterocycles. The summed E-state index contributed by atoms with van der Waals surface area (Å²) in [6, 6.07) is 4.00. The molecule has 0 bridgehead atoms. The smallest absolute Gasteiger partial charge is 0.227 e. The van der Waals surface area contributed by atoms with E-state index in [1.54, 1.807) is 12.4 Å². The second-order valence-corrected chi connectivity index (χ2v) is 7.80. The van der Waals surface area contributed by atoms with Crippen molar-refractivity contribution < 1.29 is 9.53 Å². The minimum Gasteiger partial charge on any atom is -0.398 e. The van der Waals surface area contributed by atoms with Gasteiger partial charge in [-0.2, -0.15) is 0 Å². The van der Waals surface area contributed by atoms with Crippen molar-refractivity contribution >= 4 is 17.4 Å². The number of allylic oxidation sites excluding steroid dienone is 1. The molecule has 7 heteroatoms. The number of hydrogen-bond acceptors (Lipinski definition) is 6. The molecule has 7 nitrogen and oxygen atoms in total. The lowest BCUT2D eigenvalue weighted by atomic mass is 9.76. The summed E-state index contributed by atoms with van der Waals surface area (Å²) in [7, 11) is 0. The molecule has 0 saturated carbocycles. The number of fused-ring (bicyclic) bond motifs is 1. The number of ether oxygens (including phenoxy) is 1. The first kappa shape index (κ1) is 19.5. The lowest BCUT2D eigenvalue weighted by molar-refractivity contribution is -0.117. The first-order valence-corrected chi connectivity index (χ1v) is 10.0. The fourth-order valence-electron chi connectivity index (χ4n) is 4.13. The summed E-state index contributed by atoms with van der Waals surface area (Å²) in [5.41, 5.74) is 11.4. The first-order valence-electron chi connectivity index (χ1n) is 10.0. The predicted octanol–water partition coefficient (Wildman–Crippen LogP) is 2.30. The SMILES string of the molecule is Cc1ccncc1C1C=C(N)c2cnc(NC(=O)CC3COCCN3)cc2C1C. The monoisotopic (exact) mass is 393 g/mol. The zero-order valence-corrected chi connectivity index (χ0v) is 16.8. The van der Waals surface area contributed by atoms with Crippen molar-refractivity contribution in [2.45, 2.75) is 38.1 Å². The van der Waals surface area contributed by atoms with E-state index in [2.05, 4.69) is 40.5 Å². The molecule has 3 unspecified atom stereocenters. The van der Waals surface area contributed by atoms with Crippen molar-refractivity contribution in [2.75, 3.05) is 25.1 Å². The van der Waals surface area contributed by atoms with E-state index in [0.717, 1.165) is 17.7 Å². The zero-order valence-electron chi connectivity index (χ0n) is 16.8. The number of hydrogen-bond donors (Lipinski definition) is 3. The van der Waals surface area contributed by atoms with E-state index in [4.69, 9.17) is 10.5 Å². The second kappa shape index (κ2) is 8.31.